The summed E-state index contributed by atoms with van der Waals surface area (Å²) < 4.78 is 0. The second-order valence-electron chi connectivity index (χ2n) is 7.18. The number of hydrogen-bond acceptors (Lipinski definition) is 5. The van der Waals surface area contributed by atoms with Gasteiger partial charge in [-0.05, 0) is 45.8 Å². The first-order valence-corrected chi connectivity index (χ1v) is 9.88. The van der Waals surface area contributed by atoms with Gasteiger partial charge in [0.05, 0.1) is 6.21 Å². The van der Waals surface area contributed by atoms with E-state index in [-0.39, 0.29) is 11.5 Å². The summed E-state index contributed by atoms with van der Waals surface area (Å²) >= 11 is 0. The van der Waals surface area contributed by atoms with Crippen LogP contribution in [0.25, 0.3) is 32.7 Å². The van der Waals surface area contributed by atoms with Crippen LogP contribution >= 0.6 is 0 Å². The minimum atomic E-state index is 0.0527. The maximum absolute atomic E-state index is 11.3. The van der Waals surface area contributed by atoms with E-state index >= 15 is 0 Å². The molecule has 5 heteroatoms. The average molecular weight is 405 g/mol. The lowest BCUT2D eigenvalue weighted by atomic mass is 9.90. The topological polar surface area (TPSA) is 77.7 Å². The number of benzene rings is 4. The number of pyridine rings is 1. The fourth-order valence-corrected chi connectivity index (χ4v) is 3.83. The van der Waals surface area contributed by atoms with Gasteiger partial charge in [-0.25, -0.2) is 4.98 Å². The van der Waals surface area contributed by atoms with Gasteiger partial charge in [0, 0.05) is 22.9 Å². The van der Waals surface area contributed by atoms with E-state index in [1.54, 1.807) is 24.5 Å². The Kier molecular flexibility index (Phi) is 4.69. The van der Waals surface area contributed by atoms with Gasteiger partial charge in [-0.3, -0.25) is 5.43 Å². The first-order chi connectivity index (χ1) is 15.2. The van der Waals surface area contributed by atoms with Crippen LogP contribution in [0.5, 0.6) is 11.5 Å². The summed E-state index contributed by atoms with van der Waals surface area (Å²) in [6.07, 6.45) is 3.23. The van der Waals surface area contributed by atoms with E-state index in [1.807, 2.05) is 72.8 Å². The number of hydrogen-bond donors (Lipinski definition) is 3. The lowest BCUT2D eigenvalue weighted by molar-refractivity contribution is 0.470. The highest BCUT2D eigenvalue weighted by Crippen LogP contribution is 2.45. The Morgan fingerprint density at radius 2 is 1.45 bits per heavy atom. The van der Waals surface area contributed by atoms with Crippen LogP contribution in [0.2, 0.25) is 0 Å². The number of nitrogens with zero attached hydrogens (tertiary/aromatic N) is 2. The van der Waals surface area contributed by atoms with Gasteiger partial charge in [0.2, 0.25) is 0 Å². The molecule has 4 aromatic carbocycles. The second kappa shape index (κ2) is 7.80. The number of rotatable bonds is 4. The van der Waals surface area contributed by atoms with Crippen molar-refractivity contribution in [2.75, 3.05) is 5.43 Å². The number of nitrogens with one attached hydrogen (secondary N) is 1. The standard InChI is InChI=1S/C26H19N3O2/c30-22-13-12-17-7-1-3-9-20(17)24(22)25-21-10-4-2-8-18(21)15-19(26(25)31)16-28-29-23-11-5-6-14-27-23/h1-16,30-31H,(H,27,29)/b28-16+. The third-order valence-corrected chi connectivity index (χ3v) is 5.26. The van der Waals surface area contributed by atoms with Crippen LogP contribution in [0.15, 0.2) is 96.2 Å². The zero-order chi connectivity index (χ0) is 21.2. The highest BCUT2D eigenvalue weighted by molar-refractivity contribution is 6.12. The first kappa shape index (κ1) is 18.6. The lowest BCUT2D eigenvalue weighted by Gasteiger charge is -2.16. The molecular formula is C26H19N3O2. The van der Waals surface area contributed by atoms with Crippen molar-refractivity contribution >= 4 is 33.6 Å². The maximum atomic E-state index is 11.3. The normalized spacial score (nSPS) is 11.4. The van der Waals surface area contributed by atoms with Crippen molar-refractivity contribution in [3.05, 3.63) is 96.7 Å². The maximum Gasteiger partial charge on any atom is 0.146 e. The molecule has 0 saturated heterocycles. The lowest BCUT2D eigenvalue weighted by Crippen LogP contribution is -1.95. The predicted octanol–water partition coefficient (Wildman–Crippen LogP) is 5.91. The molecule has 0 spiro atoms. The molecule has 0 bridgehead atoms. The Hall–Kier alpha value is -4.38. The Bertz CT molecular complexity index is 1430. The Morgan fingerprint density at radius 3 is 2.23 bits per heavy atom. The van der Waals surface area contributed by atoms with E-state index in [0.717, 1.165) is 21.5 Å². The Labute approximate surface area is 178 Å². The molecule has 0 aliphatic rings. The molecule has 0 atom stereocenters. The largest absolute Gasteiger partial charge is 0.507 e. The molecule has 5 aromatic rings. The number of phenolic OH excluding ortho intramolecular Hbond substituents is 2. The molecule has 0 amide bonds. The molecule has 0 unspecified atom stereocenters. The van der Waals surface area contributed by atoms with Crippen molar-refractivity contribution in [3.63, 3.8) is 0 Å². The van der Waals surface area contributed by atoms with Gasteiger partial charge in [0.25, 0.3) is 0 Å². The molecular weight excluding hydrogens is 386 g/mol. The highest BCUT2D eigenvalue weighted by atomic mass is 16.3. The summed E-state index contributed by atoms with van der Waals surface area (Å²) in [5.74, 6) is 0.766. The van der Waals surface area contributed by atoms with Crippen LogP contribution in [0.1, 0.15) is 5.56 Å². The fourth-order valence-electron chi connectivity index (χ4n) is 3.83. The van der Waals surface area contributed by atoms with Crippen LogP contribution in [-0.2, 0) is 0 Å². The van der Waals surface area contributed by atoms with Gasteiger partial charge >= 0.3 is 0 Å². The van der Waals surface area contributed by atoms with Crippen LogP contribution in [-0.4, -0.2) is 21.4 Å². The average Bonchev–Trinajstić information content (AvgIpc) is 2.81. The molecule has 3 N–H and O–H groups in total. The van der Waals surface area contributed by atoms with Gasteiger partial charge < -0.3 is 10.2 Å². The predicted molar refractivity (Wildman–Crippen MR) is 126 cm³/mol. The monoisotopic (exact) mass is 405 g/mol. The SMILES string of the molecule is Oc1ccc2ccccc2c1-c1c(O)c(/C=N/Nc2ccccn2)cc2ccccc12. The first-order valence-electron chi connectivity index (χ1n) is 9.88. The van der Waals surface area contributed by atoms with Crippen molar-refractivity contribution in [1.29, 1.82) is 0 Å². The second-order valence-corrected chi connectivity index (χ2v) is 7.18. The van der Waals surface area contributed by atoms with Crippen LogP contribution < -0.4 is 5.43 Å². The van der Waals surface area contributed by atoms with E-state index in [0.29, 0.717) is 22.5 Å². The third-order valence-electron chi connectivity index (χ3n) is 5.26. The van der Waals surface area contributed by atoms with Gasteiger partial charge in [-0.15, -0.1) is 0 Å². The van der Waals surface area contributed by atoms with E-state index in [1.165, 1.54) is 0 Å². The Balaban J connectivity index is 1.72. The molecule has 0 radical (unpaired) electrons. The van der Waals surface area contributed by atoms with Crippen LogP contribution in [0.4, 0.5) is 5.82 Å². The summed E-state index contributed by atoms with van der Waals surface area (Å²) in [6.45, 7) is 0. The van der Waals surface area contributed by atoms with Gasteiger partial charge in [-0.2, -0.15) is 5.10 Å². The van der Waals surface area contributed by atoms with Crippen molar-refractivity contribution in [2.45, 2.75) is 0 Å². The third kappa shape index (κ3) is 3.42. The number of anilines is 1. The summed E-state index contributed by atoms with van der Waals surface area (Å²) in [7, 11) is 0. The van der Waals surface area contributed by atoms with Crippen molar-refractivity contribution in [2.24, 2.45) is 5.10 Å². The smallest absolute Gasteiger partial charge is 0.146 e. The highest BCUT2D eigenvalue weighted by Gasteiger charge is 2.19. The Morgan fingerprint density at radius 1 is 0.742 bits per heavy atom. The number of aromatic nitrogens is 1. The van der Waals surface area contributed by atoms with Gasteiger partial charge in [0.1, 0.15) is 17.3 Å². The van der Waals surface area contributed by atoms with E-state index < -0.39 is 0 Å². The molecule has 5 rings (SSSR count). The number of phenols is 2. The summed E-state index contributed by atoms with van der Waals surface area (Å²) in [5, 5.41) is 29.9. The van der Waals surface area contributed by atoms with Crippen molar-refractivity contribution in [3.8, 4) is 22.6 Å². The molecule has 0 fully saturated rings. The molecule has 5 nitrogen and oxygen atoms in total. The van der Waals surface area contributed by atoms with Crippen molar-refractivity contribution < 1.29 is 10.2 Å². The minimum Gasteiger partial charge on any atom is -0.507 e. The summed E-state index contributed by atoms with van der Waals surface area (Å²) in [4.78, 5) is 4.17. The van der Waals surface area contributed by atoms with Gasteiger partial charge in [-0.1, -0.05) is 60.7 Å². The zero-order valence-corrected chi connectivity index (χ0v) is 16.5. The fraction of sp³-hybridized carbons (Fsp3) is 0. The minimum absolute atomic E-state index is 0.0527. The molecule has 1 heterocycles. The van der Waals surface area contributed by atoms with Crippen molar-refractivity contribution in [1.82, 2.24) is 4.98 Å². The van der Waals surface area contributed by atoms with Crippen LogP contribution in [0.3, 0.4) is 0 Å². The number of hydrazone groups is 1. The molecule has 150 valence electrons. The summed E-state index contributed by atoms with van der Waals surface area (Å²) in [6, 6.07) is 26.5. The van der Waals surface area contributed by atoms with Gasteiger partial charge in [0.15, 0.2) is 0 Å². The number of aromatic hydroxyl groups is 2. The molecule has 0 saturated carbocycles. The molecule has 31 heavy (non-hydrogen) atoms. The molecule has 1 aromatic heterocycles. The van der Waals surface area contributed by atoms with E-state index in [4.69, 9.17) is 0 Å². The van der Waals surface area contributed by atoms with E-state index in [9.17, 15) is 10.2 Å². The zero-order valence-electron chi connectivity index (χ0n) is 16.5. The quantitative estimate of drug-likeness (QED) is 0.256. The molecule has 0 aliphatic heterocycles. The summed E-state index contributed by atoms with van der Waals surface area (Å²) in [5.41, 5.74) is 4.57. The molecule has 0 aliphatic carbocycles. The van der Waals surface area contributed by atoms with E-state index in [2.05, 4.69) is 15.5 Å². The number of fused-ring (bicyclic) bond motifs is 2. The van der Waals surface area contributed by atoms with Crippen LogP contribution in [0, 0.1) is 0 Å².